The molecular formula is C29H34O10. The Kier molecular flexibility index (Phi) is 6.03. The second-order valence-electron chi connectivity index (χ2n) is 12.3. The molecule has 1 aliphatic heterocycles. The third-order valence-electron chi connectivity index (χ3n) is 9.89. The molecule has 4 aliphatic rings. The highest BCUT2D eigenvalue weighted by Crippen LogP contribution is 2.67. The van der Waals surface area contributed by atoms with Crippen LogP contribution in [0.2, 0.25) is 0 Å². The average Bonchev–Trinajstić information content (AvgIpc) is 3.40. The summed E-state index contributed by atoms with van der Waals surface area (Å²) >= 11 is 0. The fourth-order valence-electron chi connectivity index (χ4n) is 8.32. The highest BCUT2D eigenvalue weighted by molar-refractivity contribution is 6.18. The Morgan fingerprint density at radius 2 is 1.82 bits per heavy atom. The lowest BCUT2D eigenvalue weighted by molar-refractivity contribution is -0.208. The van der Waals surface area contributed by atoms with Gasteiger partial charge in [0.2, 0.25) is 6.10 Å². The van der Waals surface area contributed by atoms with E-state index in [1.165, 1.54) is 12.5 Å². The molecule has 0 spiro atoms. The summed E-state index contributed by atoms with van der Waals surface area (Å²) in [5.41, 5.74) is -3.89. The van der Waals surface area contributed by atoms with E-state index in [1.54, 1.807) is 26.8 Å². The molecule has 0 amide bonds. The highest BCUT2D eigenvalue weighted by Gasteiger charge is 2.75. The van der Waals surface area contributed by atoms with Crippen molar-refractivity contribution in [3.63, 3.8) is 0 Å². The standard InChI is InChI=1S/C29H34O10/c1-14(30)38-20(23(32)36-6)21-26(2,3)24(33)29(35)12-16-17(28(21,5)25(29)34)7-9-27(4)18(16)11-19(31)39-22(27)15-8-10-37-13-15/h8,10,13,17,20-22,35H,7,9,11-12H2,1-6H3/t17-,20?,21-,22-,27+,28+,29+/m0/s1. The van der Waals surface area contributed by atoms with E-state index in [1.807, 2.05) is 6.92 Å². The summed E-state index contributed by atoms with van der Waals surface area (Å²) in [6, 6.07) is 1.74. The van der Waals surface area contributed by atoms with Crippen LogP contribution in [0.25, 0.3) is 0 Å². The highest BCUT2D eigenvalue weighted by atomic mass is 16.6. The molecular weight excluding hydrogens is 508 g/mol. The summed E-state index contributed by atoms with van der Waals surface area (Å²) in [5, 5.41) is 11.9. The van der Waals surface area contributed by atoms with Crippen LogP contribution < -0.4 is 0 Å². The Bertz CT molecular complexity index is 1310. The van der Waals surface area contributed by atoms with Gasteiger partial charge in [-0.15, -0.1) is 0 Å². The van der Waals surface area contributed by atoms with Gasteiger partial charge in [-0.05, 0) is 30.4 Å². The van der Waals surface area contributed by atoms with Gasteiger partial charge in [0.05, 0.1) is 26.1 Å². The summed E-state index contributed by atoms with van der Waals surface area (Å²) < 4.78 is 21.5. The number of cyclic esters (lactones) is 1. The predicted octanol–water partition coefficient (Wildman–Crippen LogP) is 3.02. The van der Waals surface area contributed by atoms with E-state index in [-0.39, 0.29) is 12.8 Å². The Labute approximate surface area is 226 Å². The first-order chi connectivity index (χ1) is 18.1. The number of aliphatic hydroxyl groups is 1. The van der Waals surface area contributed by atoms with Crippen molar-refractivity contribution in [3.8, 4) is 0 Å². The van der Waals surface area contributed by atoms with Crippen molar-refractivity contribution in [2.24, 2.45) is 28.1 Å². The van der Waals surface area contributed by atoms with E-state index in [2.05, 4.69) is 0 Å². The van der Waals surface area contributed by atoms with E-state index < -0.39 is 75.4 Å². The smallest absolute Gasteiger partial charge is 0.347 e. The summed E-state index contributed by atoms with van der Waals surface area (Å²) in [6.45, 7) is 7.88. The molecule has 1 aromatic heterocycles. The van der Waals surface area contributed by atoms with Gasteiger partial charge in [-0.3, -0.25) is 19.2 Å². The molecule has 1 aromatic rings. The number of carbonyl (C=O) groups is 5. The number of Topliss-reactive ketones (excluding diaryl/α,β-unsaturated/α-hetero) is 2. The number of hydrogen-bond acceptors (Lipinski definition) is 10. The summed E-state index contributed by atoms with van der Waals surface area (Å²) in [4.78, 5) is 66.2. The summed E-state index contributed by atoms with van der Waals surface area (Å²) in [5.74, 6) is -5.24. The largest absolute Gasteiger partial charge is 0.472 e. The lowest BCUT2D eigenvalue weighted by atomic mass is 9.39. The Morgan fingerprint density at radius 1 is 1.13 bits per heavy atom. The zero-order valence-corrected chi connectivity index (χ0v) is 23.0. The van der Waals surface area contributed by atoms with Crippen molar-refractivity contribution in [1.29, 1.82) is 0 Å². The first kappa shape index (κ1) is 27.3. The molecule has 0 radical (unpaired) electrons. The van der Waals surface area contributed by atoms with Crippen LogP contribution in [0, 0.1) is 28.1 Å². The monoisotopic (exact) mass is 542 g/mol. The molecule has 2 saturated carbocycles. The van der Waals surface area contributed by atoms with Crippen molar-refractivity contribution in [1.82, 2.24) is 0 Å². The minimum atomic E-state index is -2.37. The van der Waals surface area contributed by atoms with Gasteiger partial charge >= 0.3 is 17.9 Å². The molecule has 3 aliphatic carbocycles. The minimum Gasteiger partial charge on any atom is -0.472 e. The van der Waals surface area contributed by atoms with Crippen LogP contribution in [0.1, 0.15) is 72.0 Å². The number of esters is 3. The van der Waals surface area contributed by atoms with Gasteiger partial charge in [-0.1, -0.05) is 33.3 Å². The summed E-state index contributed by atoms with van der Waals surface area (Å²) in [7, 11) is 1.14. The Hall–Kier alpha value is -3.27. The molecule has 2 bridgehead atoms. The number of ketones is 2. The van der Waals surface area contributed by atoms with Crippen LogP contribution in [-0.2, 0) is 38.2 Å². The van der Waals surface area contributed by atoms with Crippen molar-refractivity contribution in [3.05, 3.63) is 35.3 Å². The zero-order chi connectivity index (χ0) is 28.7. The molecule has 10 nitrogen and oxygen atoms in total. The normalized spacial score (nSPS) is 37.8. The van der Waals surface area contributed by atoms with Crippen LogP contribution >= 0.6 is 0 Å². The molecule has 7 atom stereocenters. The Balaban J connectivity index is 1.75. The average molecular weight is 543 g/mol. The lowest BCUT2D eigenvalue weighted by Crippen LogP contribution is -2.74. The second kappa shape index (κ2) is 8.61. The van der Waals surface area contributed by atoms with E-state index in [9.17, 15) is 29.1 Å². The van der Waals surface area contributed by atoms with Gasteiger partial charge in [-0.25, -0.2) is 4.79 Å². The third-order valence-corrected chi connectivity index (χ3v) is 9.89. The molecule has 1 unspecified atom stereocenters. The maximum Gasteiger partial charge on any atom is 0.347 e. The van der Waals surface area contributed by atoms with Crippen LogP contribution in [0.3, 0.4) is 0 Å². The number of rotatable bonds is 4. The molecule has 39 heavy (non-hydrogen) atoms. The van der Waals surface area contributed by atoms with Crippen molar-refractivity contribution >= 4 is 29.5 Å². The fraction of sp³-hybridized carbons (Fsp3) is 0.621. The van der Waals surface area contributed by atoms with Gasteiger partial charge in [0.1, 0.15) is 6.10 Å². The van der Waals surface area contributed by atoms with E-state index in [4.69, 9.17) is 18.6 Å². The SMILES string of the molecule is COC(=O)C(OC(C)=O)[C@H]1C(C)(C)C(=O)[C@]2(O)CC3=C4CC(=O)O[C@@H](c5ccoc5)[C@]4(C)CC[C@@H]3[C@@]1(C)C2=O. The number of hydrogen-bond donors (Lipinski definition) is 1. The topological polar surface area (TPSA) is 146 Å². The van der Waals surface area contributed by atoms with Crippen LogP contribution in [0.5, 0.6) is 0 Å². The number of methoxy groups -OCH3 is 1. The van der Waals surface area contributed by atoms with Crippen LogP contribution in [-0.4, -0.2) is 53.4 Å². The van der Waals surface area contributed by atoms with Gasteiger partial charge < -0.3 is 23.7 Å². The van der Waals surface area contributed by atoms with E-state index in [0.717, 1.165) is 19.6 Å². The van der Waals surface area contributed by atoms with E-state index in [0.29, 0.717) is 24.0 Å². The molecule has 0 aromatic carbocycles. The van der Waals surface area contributed by atoms with Gasteiger partial charge in [0, 0.05) is 41.1 Å². The predicted molar refractivity (Wildman–Crippen MR) is 133 cm³/mol. The number of ether oxygens (including phenoxy) is 3. The van der Waals surface area contributed by atoms with Gasteiger partial charge in [-0.2, -0.15) is 0 Å². The molecule has 3 fully saturated rings. The van der Waals surface area contributed by atoms with E-state index >= 15 is 0 Å². The maximum absolute atomic E-state index is 14.2. The van der Waals surface area contributed by atoms with Gasteiger partial charge in [0.25, 0.3) is 0 Å². The fourth-order valence-corrected chi connectivity index (χ4v) is 8.32. The first-order valence-corrected chi connectivity index (χ1v) is 13.1. The van der Waals surface area contributed by atoms with Crippen LogP contribution in [0.15, 0.2) is 34.2 Å². The molecule has 5 rings (SSSR count). The third kappa shape index (κ3) is 3.53. The second-order valence-corrected chi connectivity index (χ2v) is 12.3. The zero-order valence-electron chi connectivity index (χ0n) is 23.0. The molecule has 1 saturated heterocycles. The minimum absolute atomic E-state index is 0.0519. The summed E-state index contributed by atoms with van der Waals surface area (Å²) in [6.07, 6.45) is 1.51. The van der Waals surface area contributed by atoms with Crippen molar-refractivity contribution in [2.45, 2.75) is 78.1 Å². The van der Waals surface area contributed by atoms with Crippen molar-refractivity contribution < 1.29 is 47.7 Å². The number of fused-ring (bicyclic) bond motifs is 5. The molecule has 210 valence electrons. The van der Waals surface area contributed by atoms with Crippen molar-refractivity contribution in [2.75, 3.05) is 7.11 Å². The lowest BCUT2D eigenvalue weighted by Gasteiger charge is -2.63. The van der Waals surface area contributed by atoms with Crippen LogP contribution in [0.4, 0.5) is 0 Å². The molecule has 10 heteroatoms. The number of furan rings is 1. The number of carbonyl (C=O) groups excluding carboxylic acids is 5. The Morgan fingerprint density at radius 3 is 2.41 bits per heavy atom. The van der Waals surface area contributed by atoms with Gasteiger partial charge in [0.15, 0.2) is 17.2 Å². The molecule has 1 N–H and O–H groups in total. The first-order valence-electron chi connectivity index (χ1n) is 13.1. The molecule has 2 heterocycles. The maximum atomic E-state index is 14.2. The quantitative estimate of drug-likeness (QED) is 0.261.